The molecule has 13 heteroatoms. The van der Waals surface area contributed by atoms with Gasteiger partial charge in [0.15, 0.2) is 0 Å². The van der Waals surface area contributed by atoms with Crippen LogP contribution in [0.5, 0.6) is 0 Å². The Balaban J connectivity index is 1.25. The lowest BCUT2D eigenvalue weighted by atomic mass is 9.79. The highest BCUT2D eigenvalue weighted by Gasteiger charge is 2.47. The van der Waals surface area contributed by atoms with Crippen molar-refractivity contribution in [2.45, 2.75) is 94.7 Å². The summed E-state index contributed by atoms with van der Waals surface area (Å²) in [5, 5.41) is 7.68. The average Bonchev–Trinajstić information content (AvgIpc) is 3.47. The van der Waals surface area contributed by atoms with Crippen LogP contribution in [0.2, 0.25) is 0 Å². The number of amides is 2. The molecule has 3 aliphatic rings. The quantitative estimate of drug-likeness (QED) is 0.239. The molecule has 0 bridgehead atoms. The number of carbonyl (C=O) groups is 2. The van der Waals surface area contributed by atoms with Gasteiger partial charge in [-0.1, -0.05) is 6.07 Å². The van der Waals surface area contributed by atoms with Gasteiger partial charge < -0.3 is 20.8 Å². The number of nitrogens with one attached hydrogen (secondary N) is 2. The molecule has 0 saturated heterocycles. The molecule has 0 radical (unpaired) electrons. The first-order valence-electron chi connectivity index (χ1n) is 14.8. The smallest absolute Gasteiger partial charge is 0.266 e. The number of aromatic nitrogens is 4. The number of rotatable bonds is 12. The van der Waals surface area contributed by atoms with Gasteiger partial charge in [-0.15, -0.1) is 0 Å². The molecule has 2 heterocycles. The summed E-state index contributed by atoms with van der Waals surface area (Å²) in [5.41, 5.74) is 8.52. The fraction of sp³-hybridized carbons (Fsp3) is 0.600. The zero-order chi connectivity index (χ0) is 30.7. The normalized spacial score (nSPS) is 21.4. The van der Waals surface area contributed by atoms with Gasteiger partial charge in [0.05, 0.1) is 41.4 Å². The Labute approximate surface area is 245 Å². The summed E-state index contributed by atoms with van der Waals surface area (Å²) in [7, 11) is 0. The lowest BCUT2D eigenvalue weighted by Gasteiger charge is -2.35. The van der Waals surface area contributed by atoms with Crippen LogP contribution in [0, 0.1) is 11.8 Å². The molecule has 0 spiro atoms. The van der Waals surface area contributed by atoms with E-state index in [9.17, 15) is 27.2 Å². The van der Waals surface area contributed by atoms with Gasteiger partial charge in [-0.05, 0) is 62.3 Å². The van der Waals surface area contributed by atoms with E-state index in [-0.39, 0.29) is 74.2 Å². The van der Waals surface area contributed by atoms with Crippen LogP contribution >= 0.6 is 0 Å². The van der Waals surface area contributed by atoms with Crippen LogP contribution in [-0.4, -0.2) is 56.1 Å². The lowest BCUT2D eigenvalue weighted by molar-refractivity contribution is -0.166. The topological polar surface area (TPSA) is 128 Å². The van der Waals surface area contributed by atoms with Crippen molar-refractivity contribution in [1.82, 2.24) is 25.1 Å². The van der Waals surface area contributed by atoms with Crippen molar-refractivity contribution in [2.24, 2.45) is 17.6 Å². The van der Waals surface area contributed by atoms with E-state index in [1.165, 1.54) is 4.68 Å². The SMILES string of the molecule is CC(C)n1nc([C@@H](COC2CC(F)(F)C2)c2nc3ccc([C@H](NC(=O)CC4CC(F)(F)C4)C4CC4)cc3[nH]2)cc1C(N)=O. The van der Waals surface area contributed by atoms with Crippen molar-refractivity contribution >= 4 is 22.8 Å². The minimum Gasteiger partial charge on any atom is -0.377 e. The Morgan fingerprint density at radius 3 is 2.40 bits per heavy atom. The number of hydrogen-bond donors (Lipinski definition) is 3. The fourth-order valence-corrected chi connectivity index (χ4v) is 6.15. The molecule has 2 amide bonds. The first-order chi connectivity index (χ1) is 20.3. The molecule has 2 aromatic heterocycles. The summed E-state index contributed by atoms with van der Waals surface area (Å²) in [6.45, 7) is 3.75. The summed E-state index contributed by atoms with van der Waals surface area (Å²) >= 11 is 0. The van der Waals surface area contributed by atoms with Gasteiger partial charge in [-0.2, -0.15) is 5.10 Å². The van der Waals surface area contributed by atoms with Gasteiger partial charge in [-0.3, -0.25) is 14.3 Å². The Morgan fingerprint density at radius 2 is 1.81 bits per heavy atom. The largest absolute Gasteiger partial charge is 0.377 e. The molecular formula is C30H36F4N6O3. The van der Waals surface area contributed by atoms with Crippen molar-refractivity contribution < 1.29 is 31.9 Å². The molecule has 0 aliphatic heterocycles. The number of hydrogen-bond acceptors (Lipinski definition) is 5. The molecule has 2 atom stereocenters. The van der Waals surface area contributed by atoms with Crippen LogP contribution in [0.3, 0.4) is 0 Å². The van der Waals surface area contributed by atoms with Gasteiger partial charge in [0.25, 0.3) is 11.8 Å². The number of carbonyl (C=O) groups excluding carboxylic acids is 2. The number of ether oxygens (including phenoxy) is 1. The van der Waals surface area contributed by atoms with Crippen LogP contribution in [0.15, 0.2) is 24.3 Å². The highest BCUT2D eigenvalue weighted by molar-refractivity contribution is 5.91. The number of aromatic amines is 1. The first-order valence-corrected chi connectivity index (χ1v) is 14.8. The first kappa shape index (κ1) is 29.6. The van der Waals surface area contributed by atoms with Crippen LogP contribution in [-0.2, 0) is 9.53 Å². The van der Waals surface area contributed by atoms with Gasteiger partial charge in [-0.25, -0.2) is 22.5 Å². The molecule has 4 N–H and O–H groups in total. The predicted molar refractivity (Wildman–Crippen MR) is 149 cm³/mol. The molecular weight excluding hydrogens is 568 g/mol. The highest BCUT2D eigenvalue weighted by atomic mass is 19.3. The van der Waals surface area contributed by atoms with E-state index in [1.807, 2.05) is 32.0 Å². The van der Waals surface area contributed by atoms with Crippen molar-refractivity contribution in [2.75, 3.05) is 6.61 Å². The maximum atomic E-state index is 13.5. The molecule has 6 rings (SSSR count). The maximum absolute atomic E-state index is 13.5. The number of nitrogens with zero attached hydrogens (tertiary/aromatic N) is 3. The number of alkyl halides is 4. The second-order valence-corrected chi connectivity index (χ2v) is 12.7. The molecule has 43 heavy (non-hydrogen) atoms. The number of primary amides is 1. The number of halogens is 4. The van der Waals surface area contributed by atoms with E-state index >= 15 is 0 Å². The second-order valence-electron chi connectivity index (χ2n) is 12.7. The second kappa shape index (κ2) is 10.9. The van der Waals surface area contributed by atoms with Gasteiger partial charge in [0, 0.05) is 38.1 Å². The summed E-state index contributed by atoms with van der Waals surface area (Å²) in [5.74, 6) is -6.41. The molecule has 232 valence electrons. The molecule has 0 unspecified atom stereocenters. The van der Waals surface area contributed by atoms with Crippen molar-refractivity contribution in [1.29, 1.82) is 0 Å². The van der Waals surface area contributed by atoms with E-state index in [0.29, 0.717) is 22.6 Å². The minimum absolute atomic E-state index is 0.0156. The fourth-order valence-electron chi connectivity index (χ4n) is 6.15. The summed E-state index contributed by atoms with van der Waals surface area (Å²) in [6, 6.07) is 6.83. The number of nitrogens with two attached hydrogens (primary N) is 1. The number of imidazole rings is 1. The third kappa shape index (κ3) is 6.41. The van der Waals surface area contributed by atoms with Crippen molar-refractivity contribution in [3.05, 3.63) is 47.0 Å². The van der Waals surface area contributed by atoms with E-state index in [2.05, 4.69) is 15.4 Å². The summed E-state index contributed by atoms with van der Waals surface area (Å²) in [4.78, 5) is 32.9. The average molecular weight is 605 g/mol. The number of benzene rings is 1. The Bertz CT molecular complexity index is 1520. The number of fused-ring (bicyclic) bond motifs is 1. The lowest BCUT2D eigenvalue weighted by Crippen LogP contribution is -2.42. The van der Waals surface area contributed by atoms with Crippen LogP contribution in [0.1, 0.15) is 104 Å². The van der Waals surface area contributed by atoms with Gasteiger partial charge >= 0.3 is 0 Å². The third-order valence-electron chi connectivity index (χ3n) is 8.68. The van der Waals surface area contributed by atoms with Gasteiger partial charge in [0.2, 0.25) is 11.8 Å². The van der Waals surface area contributed by atoms with E-state index in [1.54, 1.807) is 6.07 Å². The van der Waals surface area contributed by atoms with Crippen LogP contribution in [0.25, 0.3) is 11.0 Å². The molecule has 9 nitrogen and oxygen atoms in total. The highest BCUT2D eigenvalue weighted by Crippen LogP contribution is 2.45. The number of H-pyrrole nitrogens is 1. The van der Waals surface area contributed by atoms with E-state index in [4.69, 9.17) is 15.5 Å². The van der Waals surface area contributed by atoms with Crippen molar-refractivity contribution in [3.63, 3.8) is 0 Å². The van der Waals surface area contributed by atoms with E-state index < -0.39 is 29.8 Å². The van der Waals surface area contributed by atoms with Gasteiger partial charge in [0.1, 0.15) is 11.5 Å². The zero-order valence-electron chi connectivity index (χ0n) is 24.1. The van der Waals surface area contributed by atoms with Crippen LogP contribution in [0.4, 0.5) is 17.6 Å². The molecule has 1 aromatic carbocycles. The molecule has 3 fully saturated rings. The standard InChI is InChI=1S/C30H36F4N6O3/c1-15(2)40-24(27(35)42)9-22(39-40)20(14-43-19-12-30(33,34)13-19)28-36-21-6-5-18(8-23(21)37-28)26(17-3-4-17)38-25(41)7-16-10-29(31,32)11-16/h5-6,8-9,15-17,19-20,26H,3-4,7,10-14H2,1-2H3,(H2,35,42)(H,36,37)(H,38,41)/t20-,26-/m1/s1. The minimum atomic E-state index is -2.73. The summed E-state index contributed by atoms with van der Waals surface area (Å²) in [6.07, 6.45) is 0.202. The molecule has 3 saturated carbocycles. The molecule has 3 aromatic rings. The third-order valence-corrected chi connectivity index (χ3v) is 8.68. The predicted octanol–water partition coefficient (Wildman–Crippen LogP) is 5.39. The van der Waals surface area contributed by atoms with Crippen molar-refractivity contribution in [3.8, 4) is 0 Å². The van der Waals surface area contributed by atoms with E-state index in [0.717, 1.165) is 18.4 Å². The summed E-state index contributed by atoms with van der Waals surface area (Å²) < 4.78 is 60.8. The Kier molecular flexibility index (Phi) is 7.50. The van der Waals surface area contributed by atoms with Crippen LogP contribution < -0.4 is 11.1 Å². The Morgan fingerprint density at radius 1 is 1.12 bits per heavy atom. The maximum Gasteiger partial charge on any atom is 0.266 e. The monoisotopic (exact) mass is 604 g/mol. The zero-order valence-corrected chi connectivity index (χ0v) is 24.1. The Hall–Kier alpha value is -3.48. The molecule has 3 aliphatic carbocycles.